The number of carbonyl (C=O) groups is 1. The highest BCUT2D eigenvalue weighted by molar-refractivity contribution is 5.88. The predicted molar refractivity (Wildman–Crippen MR) is 71.1 cm³/mol. The fourth-order valence-electron chi connectivity index (χ4n) is 3.77. The average molecular weight is 286 g/mol. The molecule has 0 spiro atoms. The summed E-state index contributed by atoms with van der Waals surface area (Å²) in [6, 6.07) is 0. The molecule has 4 rings (SSSR count). The molecule has 1 saturated carbocycles. The Morgan fingerprint density at radius 1 is 1.48 bits per heavy atom. The smallest absolute Gasteiger partial charge is 0.356 e. The second-order valence-electron chi connectivity index (χ2n) is 5.71. The molecule has 0 aliphatic heterocycles. The van der Waals surface area contributed by atoms with Gasteiger partial charge in [-0.25, -0.2) is 14.5 Å². The van der Waals surface area contributed by atoms with Crippen LogP contribution in [0.3, 0.4) is 0 Å². The Balaban J connectivity index is 1.92. The summed E-state index contributed by atoms with van der Waals surface area (Å²) in [6.45, 7) is 0. The number of rotatable bonds is 2. The second-order valence-corrected chi connectivity index (χ2v) is 5.71. The minimum atomic E-state index is -1.02. The van der Waals surface area contributed by atoms with E-state index < -0.39 is 5.97 Å². The van der Waals surface area contributed by atoms with Crippen molar-refractivity contribution in [3.63, 3.8) is 0 Å². The number of aromatic carboxylic acids is 1. The van der Waals surface area contributed by atoms with Crippen LogP contribution in [0.4, 0.5) is 0 Å². The molecular weight excluding hydrogens is 272 g/mol. The van der Waals surface area contributed by atoms with Crippen molar-refractivity contribution < 1.29 is 14.6 Å². The van der Waals surface area contributed by atoms with Gasteiger partial charge in [0.05, 0.1) is 11.9 Å². The molecule has 0 aromatic carbocycles. The molecule has 0 amide bonds. The zero-order valence-electron chi connectivity index (χ0n) is 11.3. The van der Waals surface area contributed by atoms with Crippen LogP contribution >= 0.6 is 0 Å². The zero-order chi connectivity index (χ0) is 14.6. The summed E-state index contributed by atoms with van der Waals surface area (Å²) in [7, 11) is 0. The molecule has 0 saturated heterocycles. The van der Waals surface area contributed by atoms with Crippen LogP contribution in [0.5, 0.6) is 0 Å². The van der Waals surface area contributed by atoms with Crippen LogP contribution < -0.4 is 4.73 Å². The molecule has 1 fully saturated rings. The third-order valence-corrected chi connectivity index (χ3v) is 4.58. The molecule has 2 aliphatic carbocycles. The third-order valence-electron chi connectivity index (χ3n) is 4.58. The summed E-state index contributed by atoms with van der Waals surface area (Å²) in [6.07, 6.45) is 8.12. The van der Waals surface area contributed by atoms with E-state index in [0.29, 0.717) is 22.4 Å². The number of hydrogen-bond acceptors (Lipinski definition) is 4. The van der Waals surface area contributed by atoms with Crippen LogP contribution in [0.15, 0.2) is 18.6 Å². The third kappa shape index (κ3) is 1.73. The number of carboxylic acids is 1. The van der Waals surface area contributed by atoms with Gasteiger partial charge in [-0.3, -0.25) is 0 Å². The van der Waals surface area contributed by atoms with E-state index in [2.05, 4.69) is 10.1 Å². The molecule has 2 aromatic heterocycles. The van der Waals surface area contributed by atoms with Crippen LogP contribution in [-0.2, 0) is 6.42 Å². The highest BCUT2D eigenvalue weighted by Crippen LogP contribution is 2.49. The highest BCUT2D eigenvalue weighted by atomic mass is 16.5. The van der Waals surface area contributed by atoms with Crippen molar-refractivity contribution in [1.29, 1.82) is 0 Å². The van der Waals surface area contributed by atoms with E-state index in [0.717, 1.165) is 36.9 Å². The number of aromatic nitrogens is 4. The lowest BCUT2D eigenvalue weighted by atomic mass is 9.99. The molecule has 2 aliphatic rings. The van der Waals surface area contributed by atoms with Gasteiger partial charge >= 0.3 is 5.97 Å². The van der Waals surface area contributed by atoms with E-state index in [9.17, 15) is 15.1 Å². The Labute approximate surface area is 120 Å². The first-order chi connectivity index (χ1) is 10.1. The lowest BCUT2D eigenvalue weighted by molar-refractivity contribution is -0.605. The molecule has 2 atom stereocenters. The van der Waals surface area contributed by atoms with Gasteiger partial charge in [-0.15, -0.1) is 0 Å². The molecule has 7 nitrogen and oxygen atoms in total. The van der Waals surface area contributed by atoms with E-state index in [1.54, 1.807) is 4.68 Å². The first kappa shape index (κ1) is 12.3. The van der Waals surface area contributed by atoms with Crippen LogP contribution in [0.25, 0.3) is 5.82 Å². The number of fused-ring (bicyclic) bond motifs is 3. The minimum absolute atomic E-state index is 0.0995. The normalized spacial score (nSPS) is 23.0. The first-order valence-corrected chi connectivity index (χ1v) is 7.05. The Kier molecular flexibility index (Phi) is 2.51. The van der Waals surface area contributed by atoms with Gasteiger partial charge in [0, 0.05) is 11.5 Å². The maximum absolute atomic E-state index is 11.5. The molecule has 108 valence electrons. The maximum atomic E-state index is 11.5. The monoisotopic (exact) mass is 286 g/mol. The Morgan fingerprint density at radius 2 is 2.33 bits per heavy atom. The van der Waals surface area contributed by atoms with Crippen LogP contribution in [0, 0.1) is 11.1 Å². The molecule has 7 heteroatoms. The zero-order valence-corrected chi connectivity index (χ0v) is 11.3. The van der Waals surface area contributed by atoms with Gasteiger partial charge in [0.2, 0.25) is 12.0 Å². The van der Waals surface area contributed by atoms with Gasteiger partial charge in [-0.2, -0.15) is 9.83 Å². The van der Waals surface area contributed by atoms with Crippen molar-refractivity contribution in [2.75, 3.05) is 0 Å². The van der Waals surface area contributed by atoms with Gasteiger partial charge in [0.25, 0.3) is 0 Å². The number of nitrogens with zero attached hydrogens (tertiary/aromatic N) is 4. The molecule has 21 heavy (non-hydrogen) atoms. The van der Waals surface area contributed by atoms with E-state index in [4.69, 9.17) is 0 Å². The summed E-state index contributed by atoms with van der Waals surface area (Å²) in [5, 5.41) is 25.0. The van der Waals surface area contributed by atoms with E-state index in [1.165, 1.54) is 18.6 Å². The summed E-state index contributed by atoms with van der Waals surface area (Å²) in [5.41, 5.74) is 1.86. The van der Waals surface area contributed by atoms with Crippen molar-refractivity contribution in [3.05, 3.63) is 40.7 Å². The first-order valence-electron chi connectivity index (χ1n) is 7.05. The Morgan fingerprint density at radius 3 is 3.10 bits per heavy atom. The van der Waals surface area contributed by atoms with Crippen LogP contribution in [0.1, 0.15) is 46.9 Å². The summed E-state index contributed by atoms with van der Waals surface area (Å²) >= 11 is 0. The molecule has 0 bridgehead atoms. The lowest BCUT2D eigenvalue weighted by Crippen LogP contribution is -2.26. The Bertz CT molecular complexity index is 740. The maximum Gasteiger partial charge on any atom is 0.356 e. The number of hydrogen-bond donors (Lipinski definition) is 1. The molecule has 2 aromatic rings. The van der Waals surface area contributed by atoms with Crippen LogP contribution in [-0.4, -0.2) is 25.8 Å². The lowest BCUT2D eigenvalue weighted by Gasteiger charge is -2.12. The van der Waals surface area contributed by atoms with Crippen molar-refractivity contribution in [2.24, 2.45) is 5.92 Å². The summed E-state index contributed by atoms with van der Waals surface area (Å²) in [4.78, 5) is 15.6. The standard InChI is InChI=1S/C14H14N4O3/c19-14(20)12-10-6-8-2-1-3-9(8)13(10)18(16-12)11-7-17(21)5-4-15-11/h4-5,7-9H,1-3,6H2,(H,19,20)/t8-,9-/m1/s1. The highest BCUT2D eigenvalue weighted by Gasteiger charge is 2.42. The van der Waals surface area contributed by atoms with Crippen molar-refractivity contribution in [3.8, 4) is 5.82 Å². The van der Waals surface area contributed by atoms with E-state index in [-0.39, 0.29) is 5.69 Å². The largest absolute Gasteiger partial charge is 0.619 e. The molecule has 0 unspecified atom stereocenters. The Hall–Kier alpha value is -2.44. The van der Waals surface area contributed by atoms with Gasteiger partial charge < -0.3 is 10.3 Å². The SMILES string of the molecule is O=C(O)c1nn(-c2c[n+]([O-])ccn2)c2c1C[C@H]1CCC[C@@H]21. The second kappa shape index (κ2) is 4.28. The molecular formula is C14H14N4O3. The fourth-order valence-corrected chi connectivity index (χ4v) is 3.77. The topological polar surface area (TPSA) is 95.0 Å². The van der Waals surface area contributed by atoms with Crippen LogP contribution in [0.2, 0.25) is 0 Å². The van der Waals surface area contributed by atoms with Gasteiger partial charge in [-0.05, 0) is 25.2 Å². The molecule has 0 radical (unpaired) electrons. The number of carboxylic acid groups (broad SMARTS) is 1. The van der Waals surface area contributed by atoms with E-state index >= 15 is 0 Å². The van der Waals surface area contributed by atoms with Gasteiger partial charge in [0.15, 0.2) is 11.9 Å². The summed E-state index contributed by atoms with van der Waals surface area (Å²) < 4.78 is 2.21. The minimum Gasteiger partial charge on any atom is -0.619 e. The van der Waals surface area contributed by atoms with Gasteiger partial charge in [0.1, 0.15) is 0 Å². The van der Waals surface area contributed by atoms with Crippen molar-refractivity contribution >= 4 is 5.97 Å². The molecule has 1 N–H and O–H groups in total. The van der Waals surface area contributed by atoms with Crippen molar-refractivity contribution in [1.82, 2.24) is 14.8 Å². The average Bonchev–Trinajstić information content (AvgIpc) is 3.08. The predicted octanol–water partition coefficient (Wildman–Crippen LogP) is 1.04. The quantitative estimate of drug-likeness (QED) is 0.657. The fraction of sp³-hybridized carbons (Fsp3) is 0.429. The molecule has 2 heterocycles. The van der Waals surface area contributed by atoms with Gasteiger partial charge in [-0.1, -0.05) is 6.42 Å². The summed E-state index contributed by atoms with van der Waals surface area (Å²) in [5.74, 6) is 0.202. The van der Waals surface area contributed by atoms with Crippen molar-refractivity contribution in [2.45, 2.75) is 31.6 Å². The van der Waals surface area contributed by atoms with E-state index in [1.807, 2.05) is 0 Å².